The van der Waals surface area contributed by atoms with Gasteiger partial charge < -0.3 is 14.3 Å². The van der Waals surface area contributed by atoms with Crippen molar-refractivity contribution >= 4 is 23.7 Å². The van der Waals surface area contributed by atoms with Crippen molar-refractivity contribution in [2.75, 3.05) is 7.11 Å². The lowest BCUT2D eigenvalue weighted by molar-refractivity contribution is -0.385. The van der Waals surface area contributed by atoms with E-state index < -0.39 is 10.9 Å². The lowest BCUT2D eigenvalue weighted by Crippen LogP contribution is -2.08. The number of nitro benzene ring substituents is 1. The van der Waals surface area contributed by atoms with Crippen LogP contribution in [0.15, 0.2) is 12.1 Å². The molecule has 0 saturated heterocycles. The first-order chi connectivity index (χ1) is 10.4. The van der Waals surface area contributed by atoms with E-state index in [0.29, 0.717) is 6.29 Å². The van der Waals surface area contributed by atoms with Gasteiger partial charge in [-0.1, -0.05) is 0 Å². The number of hydrogen-bond acceptors (Lipinski definition) is 7. The average Bonchev–Trinajstić information content (AvgIpc) is 2.49. The maximum atomic E-state index is 11.4. The van der Waals surface area contributed by atoms with E-state index in [-0.39, 0.29) is 47.8 Å². The molecule has 0 N–H and O–H groups in total. The minimum Gasteiger partial charge on any atom is -0.490 e. The standard InChI is InChI=1S/C14H15NO7/c1-9(17)3-4-14(18)22-8-11-5-12(15(19)20)13(21-2)6-10(11)7-16/h5-7H,3-4,8H2,1-2H3. The summed E-state index contributed by atoms with van der Waals surface area (Å²) in [4.78, 5) is 43.5. The Hall–Kier alpha value is -2.77. The normalized spacial score (nSPS) is 9.91. The second-order valence-electron chi connectivity index (χ2n) is 4.46. The first kappa shape index (κ1) is 17.3. The van der Waals surface area contributed by atoms with E-state index >= 15 is 0 Å². The van der Waals surface area contributed by atoms with Crippen LogP contribution in [-0.2, 0) is 20.9 Å². The van der Waals surface area contributed by atoms with Crippen LogP contribution in [0.1, 0.15) is 35.7 Å². The summed E-state index contributed by atoms with van der Waals surface area (Å²) in [6, 6.07) is 2.34. The van der Waals surface area contributed by atoms with E-state index in [2.05, 4.69) is 0 Å². The number of esters is 1. The van der Waals surface area contributed by atoms with Gasteiger partial charge in [0.2, 0.25) is 0 Å². The zero-order chi connectivity index (χ0) is 16.7. The molecule has 0 saturated carbocycles. The highest BCUT2D eigenvalue weighted by molar-refractivity contribution is 5.82. The van der Waals surface area contributed by atoms with Crippen molar-refractivity contribution in [2.24, 2.45) is 0 Å². The summed E-state index contributed by atoms with van der Waals surface area (Å²) in [5.41, 5.74) is -0.0108. The van der Waals surface area contributed by atoms with Crippen LogP contribution >= 0.6 is 0 Å². The van der Waals surface area contributed by atoms with Gasteiger partial charge in [0.25, 0.3) is 0 Å². The van der Waals surface area contributed by atoms with Gasteiger partial charge in [-0.05, 0) is 13.0 Å². The van der Waals surface area contributed by atoms with Crippen LogP contribution in [-0.4, -0.2) is 30.1 Å². The summed E-state index contributed by atoms with van der Waals surface area (Å²) in [6.45, 7) is 1.06. The molecule has 0 amide bonds. The summed E-state index contributed by atoms with van der Waals surface area (Å²) in [5.74, 6) is -0.824. The molecule has 0 atom stereocenters. The molecule has 1 aromatic rings. The molecule has 0 aliphatic carbocycles. The molecular weight excluding hydrogens is 294 g/mol. The molecule has 22 heavy (non-hydrogen) atoms. The van der Waals surface area contributed by atoms with E-state index in [0.717, 1.165) is 6.07 Å². The Bertz CT molecular complexity index is 609. The van der Waals surface area contributed by atoms with E-state index in [4.69, 9.17) is 9.47 Å². The van der Waals surface area contributed by atoms with Crippen LogP contribution in [0.25, 0.3) is 0 Å². The molecule has 0 aliphatic heterocycles. The van der Waals surface area contributed by atoms with Crippen LogP contribution in [0.3, 0.4) is 0 Å². The van der Waals surface area contributed by atoms with Gasteiger partial charge in [0.05, 0.1) is 18.5 Å². The maximum Gasteiger partial charge on any atom is 0.311 e. The fourth-order valence-corrected chi connectivity index (χ4v) is 1.68. The lowest BCUT2D eigenvalue weighted by atomic mass is 10.1. The molecule has 1 aromatic carbocycles. The van der Waals surface area contributed by atoms with Crippen LogP contribution in [0.2, 0.25) is 0 Å². The molecular formula is C14H15NO7. The largest absolute Gasteiger partial charge is 0.490 e. The Balaban J connectivity index is 2.91. The number of rotatable bonds is 8. The van der Waals surface area contributed by atoms with Crippen molar-refractivity contribution in [3.63, 3.8) is 0 Å². The number of Topliss-reactive ketones (excluding diaryl/α,β-unsaturated/α-hetero) is 1. The summed E-state index contributed by atoms with van der Waals surface area (Å²) >= 11 is 0. The number of hydrogen-bond donors (Lipinski definition) is 0. The Labute approximate surface area is 126 Å². The number of carbonyl (C=O) groups is 3. The number of aldehydes is 1. The number of nitro groups is 1. The van der Waals surface area contributed by atoms with Crippen molar-refractivity contribution in [3.05, 3.63) is 33.4 Å². The summed E-state index contributed by atoms with van der Waals surface area (Å²) in [6.07, 6.45) is 0.469. The third-order valence-corrected chi connectivity index (χ3v) is 2.83. The number of methoxy groups -OCH3 is 1. The monoisotopic (exact) mass is 309 g/mol. The quantitative estimate of drug-likeness (QED) is 0.311. The van der Waals surface area contributed by atoms with Gasteiger partial charge in [-0.15, -0.1) is 0 Å². The highest BCUT2D eigenvalue weighted by Gasteiger charge is 2.19. The minimum absolute atomic E-state index is 0.0567. The van der Waals surface area contributed by atoms with E-state index in [1.54, 1.807) is 0 Å². The Kier molecular flexibility index (Phi) is 6.18. The zero-order valence-electron chi connectivity index (χ0n) is 12.2. The van der Waals surface area contributed by atoms with E-state index in [9.17, 15) is 24.5 Å². The van der Waals surface area contributed by atoms with Crippen molar-refractivity contribution in [1.82, 2.24) is 0 Å². The van der Waals surface area contributed by atoms with Gasteiger partial charge in [-0.25, -0.2) is 0 Å². The van der Waals surface area contributed by atoms with Crippen molar-refractivity contribution in [2.45, 2.75) is 26.4 Å². The summed E-state index contributed by atoms with van der Waals surface area (Å²) < 4.78 is 9.76. The predicted octanol–water partition coefficient (Wildman–Crippen LogP) is 1.83. The van der Waals surface area contributed by atoms with Gasteiger partial charge in [0.15, 0.2) is 12.0 Å². The van der Waals surface area contributed by atoms with E-state index in [1.807, 2.05) is 0 Å². The highest BCUT2D eigenvalue weighted by Crippen LogP contribution is 2.30. The maximum absolute atomic E-state index is 11.4. The average molecular weight is 309 g/mol. The summed E-state index contributed by atoms with van der Waals surface area (Å²) in [5, 5.41) is 10.9. The van der Waals surface area contributed by atoms with Crippen LogP contribution in [0.4, 0.5) is 5.69 Å². The Morgan fingerprint density at radius 2 is 2.00 bits per heavy atom. The second-order valence-corrected chi connectivity index (χ2v) is 4.46. The van der Waals surface area contributed by atoms with E-state index in [1.165, 1.54) is 20.1 Å². The van der Waals surface area contributed by atoms with Gasteiger partial charge in [-0.2, -0.15) is 0 Å². The SMILES string of the molecule is COc1cc(C=O)c(COC(=O)CCC(C)=O)cc1[N+](=O)[O-]. The van der Waals surface area contributed by atoms with Crippen molar-refractivity contribution in [1.29, 1.82) is 0 Å². The number of ether oxygens (including phenoxy) is 2. The third-order valence-electron chi connectivity index (χ3n) is 2.83. The van der Waals surface area contributed by atoms with Gasteiger partial charge in [0.1, 0.15) is 12.4 Å². The predicted molar refractivity (Wildman–Crippen MR) is 74.7 cm³/mol. The van der Waals surface area contributed by atoms with Crippen LogP contribution < -0.4 is 4.74 Å². The van der Waals surface area contributed by atoms with Crippen LogP contribution in [0, 0.1) is 10.1 Å². The van der Waals surface area contributed by atoms with Crippen molar-refractivity contribution in [3.8, 4) is 5.75 Å². The second kappa shape index (κ2) is 7.87. The van der Waals surface area contributed by atoms with Crippen molar-refractivity contribution < 1.29 is 28.8 Å². The molecule has 1 rings (SSSR count). The topological polar surface area (TPSA) is 113 Å². The Morgan fingerprint density at radius 1 is 1.32 bits per heavy atom. The number of ketones is 1. The zero-order valence-corrected chi connectivity index (χ0v) is 12.2. The van der Waals surface area contributed by atoms with Gasteiger partial charge in [0, 0.05) is 23.6 Å². The lowest BCUT2D eigenvalue weighted by Gasteiger charge is -2.09. The molecule has 8 nitrogen and oxygen atoms in total. The molecule has 0 spiro atoms. The molecule has 0 aromatic heterocycles. The Morgan fingerprint density at radius 3 is 2.50 bits per heavy atom. The number of benzene rings is 1. The van der Waals surface area contributed by atoms with Gasteiger partial charge in [-0.3, -0.25) is 19.7 Å². The molecule has 0 unspecified atom stereocenters. The first-order valence-corrected chi connectivity index (χ1v) is 6.34. The third kappa shape index (κ3) is 4.65. The molecule has 0 radical (unpaired) electrons. The summed E-state index contributed by atoms with van der Waals surface area (Å²) in [7, 11) is 1.25. The number of nitrogens with zero attached hydrogens (tertiary/aromatic N) is 1. The number of carbonyl (C=O) groups excluding carboxylic acids is 3. The molecule has 0 aliphatic rings. The first-order valence-electron chi connectivity index (χ1n) is 6.34. The highest BCUT2D eigenvalue weighted by atomic mass is 16.6. The minimum atomic E-state index is -0.658. The molecule has 118 valence electrons. The van der Waals surface area contributed by atoms with Crippen LogP contribution in [0.5, 0.6) is 5.75 Å². The fourth-order valence-electron chi connectivity index (χ4n) is 1.68. The smallest absolute Gasteiger partial charge is 0.311 e. The molecule has 8 heteroatoms. The molecule has 0 fully saturated rings. The molecule has 0 heterocycles. The molecule has 0 bridgehead atoms. The van der Waals surface area contributed by atoms with Gasteiger partial charge >= 0.3 is 11.7 Å². The fraction of sp³-hybridized carbons (Fsp3) is 0.357.